The lowest BCUT2D eigenvalue weighted by molar-refractivity contribution is 0.581. The minimum Gasteiger partial charge on any atom is -0.289 e. The summed E-state index contributed by atoms with van der Waals surface area (Å²) in [7, 11) is 0. The SMILES string of the molecule is CCN=NNC(C)C. The molecule has 0 fully saturated rings. The van der Waals surface area contributed by atoms with Crippen LogP contribution in [0.3, 0.4) is 0 Å². The minimum absolute atomic E-state index is 0.394. The highest BCUT2D eigenvalue weighted by molar-refractivity contribution is 4.41. The van der Waals surface area contributed by atoms with Crippen LogP contribution in [-0.2, 0) is 0 Å². The van der Waals surface area contributed by atoms with Crippen LogP contribution in [-0.4, -0.2) is 12.6 Å². The number of hydrogen-bond acceptors (Lipinski definition) is 2. The Bertz CT molecular complexity index is 68.1. The van der Waals surface area contributed by atoms with E-state index in [0.29, 0.717) is 6.04 Å². The molecule has 0 radical (unpaired) electrons. The molecule has 0 aliphatic carbocycles. The first-order valence-corrected chi connectivity index (χ1v) is 2.89. The van der Waals surface area contributed by atoms with Crippen molar-refractivity contribution in [1.82, 2.24) is 5.43 Å². The highest BCUT2D eigenvalue weighted by Gasteiger charge is 1.82. The fourth-order valence-electron chi connectivity index (χ4n) is 0.227. The van der Waals surface area contributed by atoms with E-state index >= 15 is 0 Å². The molecule has 0 heterocycles. The van der Waals surface area contributed by atoms with Crippen LogP contribution in [0.5, 0.6) is 0 Å². The third-order valence-electron chi connectivity index (χ3n) is 0.528. The van der Waals surface area contributed by atoms with Crippen LogP contribution in [0.15, 0.2) is 10.3 Å². The molecule has 0 saturated heterocycles. The van der Waals surface area contributed by atoms with Crippen LogP contribution in [0.1, 0.15) is 20.8 Å². The zero-order valence-electron chi connectivity index (χ0n) is 5.68. The van der Waals surface area contributed by atoms with Gasteiger partial charge in [0.2, 0.25) is 0 Å². The van der Waals surface area contributed by atoms with Gasteiger partial charge in [-0.15, -0.1) is 0 Å². The van der Waals surface area contributed by atoms with Crippen LogP contribution in [0.25, 0.3) is 0 Å². The van der Waals surface area contributed by atoms with Crippen molar-refractivity contribution < 1.29 is 0 Å². The van der Waals surface area contributed by atoms with E-state index in [9.17, 15) is 0 Å². The molecule has 0 atom stereocenters. The third-order valence-corrected chi connectivity index (χ3v) is 0.528. The number of rotatable bonds is 3. The van der Waals surface area contributed by atoms with Crippen molar-refractivity contribution in [1.29, 1.82) is 0 Å². The van der Waals surface area contributed by atoms with Crippen molar-refractivity contribution in [2.24, 2.45) is 10.3 Å². The van der Waals surface area contributed by atoms with Crippen molar-refractivity contribution >= 4 is 0 Å². The van der Waals surface area contributed by atoms with Gasteiger partial charge in [-0.3, -0.25) is 5.43 Å². The molecule has 48 valence electrons. The Labute approximate surface area is 50.2 Å². The number of nitrogens with zero attached hydrogens (tertiary/aromatic N) is 2. The van der Waals surface area contributed by atoms with Crippen LogP contribution in [0.2, 0.25) is 0 Å². The maximum Gasteiger partial charge on any atom is 0.0592 e. The van der Waals surface area contributed by atoms with E-state index in [-0.39, 0.29) is 0 Å². The summed E-state index contributed by atoms with van der Waals surface area (Å²) in [6.07, 6.45) is 0. The Morgan fingerprint density at radius 2 is 2.12 bits per heavy atom. The van der Waals surface area contributed by atoms with Crippen LogP contribution >= 0.6 is 0 Å². The lowest BCUT2D eigenvalue weighted by atomic mass is 10.4. The second-order valence-corrected chi connectivity index (χ2v) is 1.84. The van der Waals surface area contributed by atoms with E-state index in [1.165, 1.54) is 0 Å². The van der Waals surface area contributed by atoms with Gasteiger partial charge in [0.25, 0.3) is 0 Å². The molecule has 0 spiro atoms. The van der Waals surface area contributed by atoms with Gasteiger partial charge in [0.05, 0.1) is 6.54 Å². The smallest absolute Gasteiger partial charge is 0.0592 e. The average molecular weight is 115 g/mol. The Balaban J connectivity index is 3.03. The first-order chi connectivity index (χ1) is 3.77. The van der Waals surface area contributed by atoms with Crippen LogP contribution in [0.4, 0.5) is 0 Å². The van der Waals surface area contributed by atoms with Crippen molar-refractivity contribution in [3.05, 3.63) is 0 Å². The van der Waals surface area contributed by atoms with Gasteiger partial charge in [0, 0.05) is 6.04 Å². The fourth-order valence-corrected chi connectivity index (χ4v) is 0.227. The van der Waals surface area contributed by atoms with E-state index in [1.807, 2.05) is 20.8 Å². The Morgan fingerprint density at radius 3 is 2.50 bits per heavy atom. The lowest BCUT2D eigenvalue weighted by Gasteiger charge is -1.98. The molecule has 8 heavy (non-hydrogen) atoms. The molecule has 0 amide bonds. The summed E-state index contributed by atoms with van der Waals surface area (Å²) in [6.45, 7) is 6.74. The first-order valence-electron chi connectivity index (χ1n) is 2.89. The molecule has 0 aliphatic heterocycles. The molecule has 3 nitrogen and oxygen atoms in total. The molecule has 0 saturated carbocycles. The molecule has 0 unspecified atom stereocenters. The minimum atomic E-state index is 0.394. The van der Waals surface area contributed by atoms with Gasteiger partial charge in [0.15, 0.2) is 0 Å². The van der Waals surface area contributed by atoms with E-state index in [4.69, 9.17) is 0 Å². The molecule has 0 aromatic heterocycles. The standard InChI is InChI=1S/C5H13N3/c1-4-6-8-7-5(2)3/h5H,4H2,1-3H3,(H,6,7). The summed E-state index contributed by atoms with van der Waals surface area (Å²) in [5, 5.41) is 7.39. The van der Waals surface area contributed by atoms with E-state index in [2.05, 4.69) is 15.8 Å². The molecule has 1 N–H and O–H groups in total. The Morgan fingerprint density at radius 1 is 1.50 bits per heavy atom. The van der Waals surface area contributed by atoms with Gasteiger partial charge in [-0.2, -0.15) is 5.11 Å². The monoisotopic (exact) mass is 115 g/mol. The zero-order valence-corrected chi connectivity index (χ0v) is 5.68. The highest BCUT2D eigenvalue weighted by Crippen LogP contribution is 1.75. The largest absolute Gasteiger partial charge is 0.289 e. The molecule has 0 aliphatic rings. The normalized spacial score (nSPS) is 11.0. The summed E-state index contributed by atoms with van der Waals surface area (Å²) in [4.78, 5) is 0. The van der Waals surface area contributed by atoms with Gasteiger partial charge >= 0.3 is 0 Å². The molecule has 0 rings (SSSR count). The van der Waals surface area contributed by atoms with Crippen molar-refractivity contribution in [3.8, 4) is 0 Å². The molecular formula is C5H13N3. The van der Waals surface area contributed by atoms with E-state index < -0.39 is 0 Å². The Kier molecular flexibility index (Phi) is 4.21. The first kappa shape index (κ1) is 7.40. The van der Waals surface area contributed by atoms with E-state index in [0.717, 1.165) is 6.54 Å². The zero-order chi connectivity index (χ0) is 6.41. The van der Waals surface area contributed by atoms with Gasteiger partial charge in [-0.1, -0.05) is 5.22 Å². The summed E-state index contributed by atoms with van der Waals surface area (Å²) in [6, 6.07) is 0.394. The number of hydrogen-bond donors (Lipinski definition) is 1. The topological polar surface area (TPSA) is 36.8 Å². The maximum atomic E-state index is 3.73. The summed E-state index contributed by atoms with van der Waals surface area (Å²) < 4.78 is 0. The van der Waals surface area contributed by atoms with Gasteiger partial charge in [0.1, 0.15) is 0 Å². The predicted molar refractivity (Wildman–Crippen MR) is 33.7 cm³/mol. The second kappa shape index (κ2) is 4.56. The molecule has 0 bridgehead atoms. The summed E-state index contributed by atoms with van der Waals surface area (Å²) in [5.41, 5.74) is 2.80. The highest BCUT2D eigenvalue weighted by atomic mass is 15.4. The fraction of sp³-hybridized carbons (Fsp3) is 1.00. The molecular weight excluding hydrogens is 102 g/mol. The van der Waals surface area contributed by atoms with E-state index in [1.54, 1.807) is 0 Å². The summed E-state index contributed by atoms with van der Waals surface area (Å²) in [5.74, 6) is 0. The van der Waals surface area contributed by atoms with Gasteiger partial charge in [-0.05, 0) is 20.8 Å². The molecule has 0 aromatic rings. The van der Waals surface area contributed by atoms with Crippen LogP contribution < -0.4 is 5.43 Å². The lowest BCUT2D eigenvalue weighted by Crippen LogP contribution is -2.14. The molecule has 0 aromatic carbocycles. The van der Waals surface area contributed by atoms with Crippen molar-refractivity contribution in [3.63, 3.8) is 0 Å². The third kappa shape index (κ3) is 5.40. The molecule has 3 heteroatoms. The van der Waals surface area contributed by atoms with Gasteiger partial charge < -0.3 is 0 Å². The predicted octanol–water partition coefficient (Wildman–Crippen LogP) is 1.37. The maximum absolute atomic E-state index is 3.73. The quantitative estimate of drug-likeness (QED) is 0.437. The Hall–Kier alpha value is -0.600. The summed E-state index contributed by atoms with van der Waals surface area (Å²) >= 11 is 0. The van der Waals surface area contributed by atoms with Crippen LogP contribution in [0, 0.1) is 0 Å². The van der Waals surface area contributed by atoms with Crippen molar-refractivity contribution in [2.75, 3.05) is 6.54 Å². The number of nitrogens with one attached hydrogen (secondary N) is 1. The van der Waals surface area contributed by atoms with Crippen molar-refractivity contribution in [2.45, 2.75) is 26.8 Å². The second-order valence-electron chi connectivity index (χ2n) is 1.84. The average Bonchev–Trinajstić information content (AvgIpc) is 1.66. The van der Waals surface area contributed by atoms with Gasteiger partial charge in [-0.25, -0.2) is 0 Å².